The number of esters is 1. The Bertz CT molecular complexity index is 597. The van der Waals surface area contributed by atoms with E-state index in [0.29, 0.717) is 11.0 Å². The number of imidazole rings is 1. The predicted molar refractivity (Wildman–Crippen MR) is 63.8 cm³/mol. The second-order valence-corrected chi connectivity index (χ2v) is 4.24. The minimum absolute atomic E-state index is 0.0586. The molecule has 90 valence electrons. The number of carbonyl (C=O) groups is 1. The Kier molecular flexibility index (Phi) is 3.01. The van der Waals surface area contributed by atoms with Crippen molar-refractivity contribution in [1.82, 2.24) is 9.55 Å². The van der Waals surface area contributed by atoms with Crippen LogP contribution in [0, 0.1) is 5.82 Å². The molecule has 0 aliphatic heterocycles. The Morgan fingerprint density at radius 1 is 1.65 bits per heavy atom. The molecule has 5 nitrogen and oxygen atoms in total. The third kappa shape index (κ3) is 2.10. The Labute approximate surface area is 104 Å². The summed E-state index contributed by atoms with van der Waals surface area (Å²) in [7, 11) is 1.28. The van der Waals surface area contributed by atoms with E-state index in [1.54, 1.807) is 0 Å². The molecule has 0 aliphatic rings. The Hall–Kier alpha value is -1.63. The Morgan fingerprint density at radius 3 is 3.00 bits per heavy atom. The molecular weight excluding hydrogens is 293 g/mol. The van der Waals surface area contributed by atoms with Gasteiger partial charge in [0.25, 0.3) is 0 Å². The lowest BCUT2D eigenvalue weighted by molar-refractivity contribution is -0.141. The van der Waals surface area contributed by atoms with Crippen LogP contribution >= 0.6 is 15.9 Å². The van der Waals surface area contributed by atoms with Gasteiger partial charge < -0.3 is 10.5 Å². The zero-order chi connectivity index (χ0) is 12.6. The smallest absolute Gasteiger partial charge is 0.325 e. The maximum atomic E-state index is 13.3. The van der Waals surface area contributed by atoms with Gasteiger partial charge in [0.2, 0.25) is 5.95 Å². The molecule has 0 saturated heterocycles. The van der Waals surface area contributed by atoms with E-state index in [4.69, 9.17) is 5.73 Å². The van der Waals surface area contributed by atoms with E-state index in [2.05, 4.69) is 25.7 Å². The van der Waals surface area contributed by atoms with Gasteiger partial charge in [0.05, 0.1) is 22.6 Å². The average Bonchev–Trinajstić information content (AvgIpc) is 2.56. The molecule has 7 heteroatoms. The quantitative estimate of drug-likeness (QED) is 0.857. The fourth-order valence-corrected chi connectivity index (χ4v) is 1.83. The minimum Gasteiger partial charge on any atom is -0.468 e. The summed E-state index contributed by atoms with van der Waals surface area (Å²) in [6, 6.07) is 2.78. The third-order valence-corrected chi connectivity index (χ3v) is 2.94. The lowest BCUT2D eigenvalue weighted by Crippen LogP contribution is -2.13. The molecule has 0 atom stereocenters. The van der Waals surface area contributed by atoms with Crippen LogP contribution in [-0.2, 0) is 16.1 Å². The highest BCUT2D eigenvalue weighted by Gasteiger charge is 2.14. The molecule has 0 fully saturated rings. The fourth-order valence-electron chi connectivity index (χ4n) is 1.50. The molecule has 0 unspecified atom stereocenters. The number of halogens is 2. The molecule has 1 aromatic heterocycles. The average molecular weight is 302 g/mol. The molecule has 17 heavy (non-hydrogen) atoms. The van der Waals surface area contributed by atoms with Gasteiger partial charge in [-0.15, -0.1) is 0 Å². The highest BCUT2D eigenvalue weighted by Crippen LogP contribution is 2.25. The predicted octanol–water partition coefficient (Wildman–Crippen LogP) is 1.69. The van der Waals surface area contributed by atoms with Crippen molar-refractivity contribution >= 4 is 38.9 Å². The molecular formula is C10H9BrFN3O2. The number of carbonyl (C=O) groups excluding carboxylic acids is 1. The van der Waals surface area contributed by atoms with Gasteiger partial charge in [-0.25, -0.2) is 9.37 Å². The first-order chi connectivity index (χ1) is 8.02. The monoisotopic (exact) mass is 301 g/mol. The lowest BCUT2D eigenvalue weighted by Gasteiger charge is -2.04. The van der Waals surface area contributed by atoms with E-state index in [0.717, 1.165) is 0 Å². The van der Waals surface area contributed by atoms with Crippen LogP contribution in [-0.4, -0.2) is 22.6 Å². The molecule has 0 amide bonds. The topological polar surface area (TPSA) is 70.1 Å². The molecule has 0 radical (unpaired) electrons. The number of rotatable bonds is 2. The number of fused-ring (bicyclic) bond motifs is 1. The number of nitrogen functional groups attached to an aromatic ring is 1. The second-order valence-electron chi connectivity index (χ2n) is 3.39. The van der Waals surface area contributed by atoms with E-state index >= 15 is 0 Å². The largest absolute Gasteiger partial charge is 0.468 e. The van der Waals surface area contributed by atoms with Gasteiger partial charge in [-0.1, -0.05) is 0 Å². The van der Waals surface area contributed by atoms with Gasteiger partial charge in [-0.2, -0.15) is 0 Å². The van der Waals surface area contributed by atoms with Gasteiger partial charge >= 0.3 is 5.97 Å². The molecule has 0 spiro atoms. The molecule has 0 saturated carbocycles. The number of nitrogens with two attached hydrogens (primary N) is 1. The summed E-state index contributed by atoms with van der Waals surface area (Å²) in [4.78, 5) is 15.2. The highest BCUT2D eigenvalue weighted by molar-refractivity contribution is 9.10. The van der Waals surface area contributed by atoms with Crippen LogP contribution in [0.4, 0.5) is 10.3 Å². The van der Waals surface area contributed by atoms with Crippen LogP contribution in [0.3, 0.4) is 0 Å². The molecule has 1 heterocycles. The summed E-state index contributed by atoms with van der Waals surface area (Å²) in [5, 5.41) is 0. The van der Waals surface area contributed by atoms with E-state index in [9.17, 15) is 9.18 Å². The van der Waals surface area contributed by atoms with Crippen molar-refractivity contribution in [2.45, 2.75) is 6.54 Å². The van der Waals surface area contributed by atoms with Crippen molar-refractivity contribution in [2.24, 2.45) is 0 Å². The van der Waals surface area contributed by atoms with Crippen LogP contribution in [0.2, 0.25) is 0 Å². The van der Waals surface area contributed by atoms with Gasteiger partial charge in [0.15, 0.2) is 0 Å². The number of anilines is 1. The summed E-state index contributed by atoms with van der Waals surface area (Å²) in [6.45, 7) is -0.0586. The maximum absolute atomic E-state index is 13.3. The van der Waals surface area contributed by atoms with Gasteiger partial charge in [0.1, 0.15) is 12.4 Å². The summed E-state index contributed by atoms with van der Waals surface area (Å²) in [6.07, 6.45) is 0. The van der Waals surface area contributed by atoms with E-state index < -0.39 is 11.8 Å². The number of hydrogen-bond acceptors (Lipinski definition) is 4. The zero-order valence-corrected chi connectivity index (χ0v) is 10.5. The summed E-state index contributed by atoms with van der Waals surface area (Å²) in [5.41, 5.74) is 6.63. The van der Waals surface area contributed by atoms with Crippen molar-refractivity contribution in [3.63, 3.8) is 0 Å². The van der Waals surface area contributed by atoms with Crippen molar-refractivity contribution in [3.8, 4) is 0 Å². The van der Waals surface area contributed by atoms with E-state index in [1.807, 2.05) is 0 Å². The van der Waals surface area contributed by atoms with Crippen molar-refractivity contribution < 1.29 is 13.9 Å². The number of hydrogen-bond donors (Lipinski definition) is 1. The summed E-state index contributed by atoms with van der Waals surface area (Å²) in [5.74, 6) is -0.737. The van der Waals surface area contributed by atoms with Crippen LogP contribution in [0.15, 0.2) is 16.6 Å². The number of ether oxygens (including phenoxy) is 1. The minimum atomic E-state index is -0.448. The number of aromatic nitrogens is 2. The third-order valence-electron chi connectivity index (χ3n) is 2.33. The lowest BCUT2D eigenvalue weighted by atomic mass is 10.3. The first-order valence-corrected chi connectivity index (χ1v) is 5.50. The van der Waals surface area contributed by atoms with Crippen molar-refractivity contribution in [3.05, 3.63) is 22.4 Å². The van der Waals surface area contributed by atoms with Crippen molar-refractivity contribution in [1.29, 1.82) is 0 Å². The first-order valence-electron chi connectivity index (χ1n) is 4.70. The first kappa shape index (κ1) is 11.8. The molecule has 2 rings (SSSR count). The molecule has 2 aromatic rings. The standard InChI is InChI=1S/C10H9BrFN3O2/c1-17-9(16)4-15-8-2-5(11)6(12)3-7(8)14-10(15)13/h2-3H,4H2,1H3,(H2,13,14). The normalized spacial score (nSPS) is 10.8. The van der Waals surface area contributed by atoms with Crippen molar-refractivity contribution in [2.75, 3.05) is 12.8 Å². The molecule has 2 N–H and O–H groups in total. The molecule has 1 aromatic carbocycles. The van der Waals surface area contributed by atoms with E-state index in [-0.39, 0.29) is 17.0 Å². The summed E-state index contributed by atoms with van der Waals surface area (Å²) < 4.78 is 19.6. The van der Waals surface area contributed by atoms with Crippen LogP contribution in [0.5, 0.6) is 0 Å². The molecule has 0 bridgehead atoms. The number of benzene rings is 1. The Morgan fingerprint density at radius 2 is 2.35 bits per heavy atom. The summed E-state index contributed by atoms with van der Waals surface area (Å²) >= 11 is 3.07. The fraction of sp³-hybridized carbons (Fsp3) is 0.200. The van der Waals surface area contributed by atoms with Crippen LogP contribution in [0.25, 0.3) is 11.0 Å². The second kappa shape index (κ2) is 4.33. The Balaban J connectivity index is 2.58. The van der Waals surface area contributed by atoms with Crippen LogP contribution < -0.4 is 5.73 Å². The number of nitrogens with zero attached hydrogens (tertiary/aromatic N) is 2. The van der Waals surface area contributed by atoms with Gasteiger partial charge in [-0.3, -0.25) is 9.36 Å². The number of methoxy groups -OCH3 is 1. The maximum Gasteiger partial charge on any atom is 0.325 e. The molecule has 0 aliphatic carbocycles. The van der Waals surface area contributed by atoms with Gasteiger partial charge in [-0.05, 0) is 22.0 Å². The SMILES string of the molecule is COC(=O)Cn1c(N)nc2cc(F)c(Br)cc21. The van der Waals surface area contributed by atoms with E-state index in [1.165, 1.54) is 23.8 Å². The van der Waals surface area contributed by atoms with Gasteiger partial charge in [0, 0.05) is 6.07 Å². The zero-order valence-electron chi connectivity index (χ0n) is 8.91. The van der Waals surface area contributed by atoms with Crippen LogP contribution in [0.1, 0.15) is 0 Å². The highest BCUT2D eigenvalue weighted by atomic mass is 79.9.